The zero-order valence-electron chi connectivity index (χ0n) is 17.8. The van der Waals surface area contributed by atoms with Gasteiger partial charge >= 0.3 is 0 Å². The lowest BCUT2D eigenvalue weighted by Crippen LogP contribution is -2.20. The molecular weight excluding hydrogens is 440 g/mol. The Morgan fingerprint density at radius 3 is 2.85 bits per heavy atom. The molecule has 4 N–H and O–H groups in total. The molecule has 0 fully saturated rings. The van der Waals surface area contributed by atoms with Gasteiger partial charge in [-0.3, -0.25) is 14.6 Å². The van der Waals surface area contributed by atoms with Crippen LogP contribution in [0.5, 0.6) is 0 Å². The second kappa shape index (κ2) is 10.2. The first kappa shape index (κ1) is 22.3. The predicted molar refractivity (Wildman–Crippen MR) is 130 cm³/mol. The number of H-pyrrole nitrogens is 1. The molecule has 0 saturated carbocycles. The Hall–Kier alpha value is -3.89. The fraction of sp³-hybridized carbons (Fsp3) is 0.174. The van der Waals surface area contributed by atoms with Crippen LogP contribution in [0.3, 0.4) is 0 Å². The van der Waals surface area contributed by atoms with Crippen LogP contribution < -0.4 is 16.2 Å². The topological polar surface area (TPSA) is 132 Å². The number of pyridine rings is 1. The Labute approximate surface area is 193 Å². The van der Waals surface area contributed by atoms with Gasteiger partial charge in [0.1, 0.15) is 5.69 Å². The van der Waals surface area contributed by atoms with Crippen molar-refractivity contribution in [1.29, 1.82) is 0 Å². The standard InChI is InChI=1S/C23H22N6O3S/c1-14-22(31)29-19-12-17(16(11-18(19)28-14)25-7-2-10-30)26-13-27-23(32)21-4-3-20(33-21)15-5-8-24-9-6-15/h3-6,8-9,11-13,25,30H,2,7,10H2,1H3,(H,29,31)(H,26,27,32). The van der Waals surface area contributed by atoms with E-state index in [4.69, 9.17) is 5.11 Å². The van der Waals surface area contributed by atoms with E-state index in [-0.39, 0.29) is 18.1 Å². The highest BCUT2D eigenvalue weighted by Gasteiger charge is 2.10. The van der Waals surface area contributed by atoms with Crippen LogP contribution in [0, 0.1) is 6.92 Å². The Kier molecular flexibility index (Phi) is 6.86. The molecule has 0 aliphatic carbocycles. The van der Waals surface area contributed by atoms with Crippen molar-refractivity contribution >= 4 is 46.0 Å². The summed E-state index contributed by atoms with van der Waals surface area (Å²) in [5.41, 5.74) is 3.45. The van der Waals surface area contributed by atoms with E-state index in [0.29, 0.717) is 45.9 Å². The van der Waals surface area contributed by atoms with E-state index < -0.39 is 0 Å². The fourth-order valence-corrected chi connectivity index (χ4v) is 4.04. The van der Waals surface area contributed by atoms with Crippen molar-refractivity contribution in [3.63, 3.8) is 0 Å². The maximum absolute atomic E-state index is 12.6. The number of aryl methyl sites for hydroxylation is 1. The van der Waals surface area contributed by atoms with Gasteiger partial charge in [-0.2, -0.15) is 0 Å². The third-order valence-electron chi connectivity index (χ3n) is 4.82. The number of carbonyl (C=O) groups is 1. The first-order valence-electron chi connectivity index (χ1n) is 10.3. The van der Waals surface area contributed by atoms with E-state index in [1.165, 1.54) is 17.7 Å². The largest absolute Gasteiger partial charge is 0.396 e. The molecule has 4 aromatic rings. The molecule has 33 heavy (non-hydrogen) atoms. The zero-order valence-corrected chi connectivity index (χ0v) is 18.6. The third-order valence-corrected chi connectivity index (χ3v) is 5.96. The minimum Gasteiger partial charge on any atom is -0.396 e. The van der Waals surface area contributed by atoms with Crippen molar-refractivity contribution in [2.24, 2.45) is 4.99 Å². The van der Waals surface area contributed by atoms with E-state index in [1.807, 2.05) is 18.2 Å². The average Bonchev–Trinajstić information content (AvgIpc) is 3.32. The van der Waals surface area contributed by atoms with Crippen LogP contribution in [0.25, 0.3) is 21.5 Å². The van der Waals surface area contributed by atoms with Gasteiger partial charge in [-0.25, -0.2) is 9.98 Å². The number of amides is 1. The fourth-order valence-electron chi connectivity index (χ4n) is 3.13. The van der Waals surface area contributed by atoms with Crippen molar-refractivity contribution in [3.8, 4) is 10.4 Å². The number of hydrogen-bond acceptors (Lipinski definition) is 8. The van der Waals surface area contributed by atoms with Crippen molar-refractivity contribution in [2.75, 3.05) is 18.5 Å². The van der Waals surface area contributed by atoms with Crippen LogP contribution in [0.4, 0.5) is 11.4 Å². The van der Waals surface area contributed by atoms with Crippen molar-refractivity contribution < 1.29 is 9.90 Å². The molecule has 168 valence electrons. The number of nitrogens with zero attached hydrogens (tertiary/aromatic N) is 3. The van der Waals surface area contributed by atoms with Gasteiger partial charge in [0, 0.05) is 30.4 Å². The summed E-state index contributed by atoms with van der Waals surface area (Å²) in [5.74, 6) is -0.273. The number of anilines is 1. The predicted octanol–water partition coefficient (Wildman–Crippen LogP) is 3.24. The van der Waals surface area contributed by atoms with Gasteiger partial charge in [0.2, 0.25) is 0 Å². The minimum atomic E-state index is -0.273. The SMILES string of the molecule is Cc1nc2cc(NCCCO)c(N=CNC(=O)c3ccc(-c4ccncc4)s3)cc2[nH]c1=O. The molecule has 9 nitrogen and oxygen atoms in total. The Morgan fingerprint density at radius 2 is 2.06 bits per heavy atom. The summed E-state index contributed by atoms with van der Waals surface area (Å²) in [7, 11) is 0. The molecule has 1 aromatic carbocycles. The third kappa shape index (κ3) is 5.30. The molecule has 0 atom stereocenters. The van der Waals surface area contributed by atoms with E-state index in [2.05, 4.69) is 30.6 Å². The molecule has 0 unspecified atom stereocenters. The Balaban J connectivity index is 1.54. The number of thiophene rings is 1. The molecule has 3 aromatic heterocycles. The second-order valence-corrected chi connectivity index (χ2v) is 8.26. The molecular formula is C23H22N6O3S. The zero-order chi connectivity index (χ0) is 23.2. The van der Waals surface area contributed by atoms with Crippen LogP contribution in [0.15, 0.2) is 58.6 Å². The van der Waals surface area contributed by atoms with Gasteiger partial charge in [0.05, 0.1) is 33.6 Å². The Morgan fingerprint density at radius 1 is 1.24 bits per heavy atom. The number of aromatic nitrogens is 3. The van der Waals surface area contributed by atoms with Crippen LogP contribution in [0.2, 0.25) is 0 Å². The van der Waals surface area contributed by atoms with Gasteiger partial charge in [0.25, 0.3) is 11.5 Å². The van der Waals surface area contributed by atoms with E-state index in [0.717, 1.165) is 10.4 Å². The molecule has 0 aliphatic rings. The number of aromatic amines is 1. The molecule has 10 heteroatoms. The van der Waals surface area contributed by atoms with Gasteiger partial charge < -0.3 is 20.7 Å². The highest BCUT2D eigenvalue weighted by atomic mass is 32.1. The number of carbonyl (C=O) groups excluding carboxylic acids is 1. The molecule has 3 heterocycles. The summed E-state index contributed by atoms with van der Waals surface area (Å²) in [4.78, 5) is 41.5. The lowest BCUT2D eigenvalue weighted by Gasteiger charge is -2.10. The van der Waals surface area contributed by atoms with Crippen molar-refractivity contribution in [3.05, 3.63) is 69.7 Å². The molecule has 0 bridgehead atoms. The maximum atomic E-state index is 12.6. The molecule has 1 amide bonds. The van der Waals surface area contributed by atoms with Crippen molar-refractivity contribution in [1.82, 2.24) is 20.3 Å². The van der Waals surface area contributed by atoms with E-state index >= 15 is 0 Å². The highest BCUT2D eigenvalue weighted by Crippen LogP contribution is 2.29. The van der Waals surface area contributed by atoms with Gasteiger partial charge in [-0.15, -0.1) is 11.3 Å². The average molecular weight is 463 g/mol. The van der Waals surface area contributed by atoms with Crippen LogP contribution >= 0.6 is 11.3 Å². The number of benzene rings is 1. The monoisotopic (exact) mass is 462 g/mol. The Bertz CT molecular complexity index is 1360. The smallest absolute Gasteiger partial charge is 0.269 e. The second-order valence-electron chi connectivity index (χ2n) is 7.17. The van der Waals surface area contributed by atoms with E-state index in [9.17, 15) is 9.59 Å². The van der Waals surface area contributed by atoms with Gasteiger partial charge in [-0.05, 0) is 55.3 Å². The lowest BCUT2D eigenvalue weighted by molar-refractivity contribution is 0.0982. The number of fused-ring (bicyclic) bond motifs is 1. The van der Waals surface area contributed by atoms with Crippen LogP contribution in [-0.2, 0) is 0 Å². The summed E-state index contributed by atoms with van der Waals surface area (Å²) in [5, 5.41) is 15.0. The molecule has 4 rings (SSSR count). The molecule has 0 spiro atoms. The summed E-state index contributed by atoms with van der Waals surface area (Å²) in [6.45, 7) is 2.23. The summed E-state index contributed by atoms with van der Waals surface area (Å²) in [6.07, 6.45) is 5.31. The summed E-state index contributed by atoms with van der Waals surface area (Å²) >= 11 is 1.38. The van der Waals surface area contributed by atoms with E-state index in [1.54, 1.807) is 37.5 Å². The molecule has 0 radical (unpaired) electrons. The minimum absolute atomic E-state index is 0.0578. The lowest BCUT2D eigenvalue weighted by atomic mass is 10.2. The van der Waals surface area contributed by atoms with Crippen LogP contribution in [0.1, 0.15) is 21.8 Å². The summed E-state index contributed by atoms with van der Waals surface area (Å²) < 4.78 is 0. The highest BCUT2D eigenvalue weighted by molar-refractivity contribution is 7.17. The van der Waals surface area contributed by atoms with Crippen LogP contribution in [-0.4, -0.2) is 45.5 Å². The first-order valence-corrected chi connectivity index (χ1v) is 11.1. The molecule has 0 aliphatic heterocycles. The first-order chi connectivity index (χ1) is 16.0. The number of aliphatic imine (C=N–C) groups is 1. The van der Waals surface area contributed by atoms with Crippen molar-refractivity contribution in [2.45, 2.75) is 13.3 Å². The number of aliphatic hydroxyl groups excluding tert-OH is 1. The summed E-state index contributed by atoms with van der Waals surface area (Å²) in [6, 6.07) is 10.9. The number of aliphatic hydroxyl groups is 1. The number of rotatable bonds is 8. The maximum Gasteiger partial charge on any atom is 0.269 e. The normalized spacial score (nSPS) is 11.2. The molecule has 0 saturated heterocycles. The number of hydrogen-bond donors (Lipinski definition) is 4. The number of nitrogens with one attached hydrogen (secondary N) is 3. The van der Waals surface area contributed by atoms with Gasteiger partial charge in [-0.1, -0.05) is 0 Å². The quantitative estimate of drug-likeness (QED) is 0.181. The van der Waals surface area contributed by atoms with Gasteiger partial charge in [0.15, 0.2) is 0 Å².